The molecule has 0 saturated heterocycles. The number of carbonyl (C=O) groups excluding carboxylic acids is 2. The highest BCUT2D eigenvalue weighted by molar-refractivity contribution is 6.13. The van der Waals surface area contributed by atoms with Crippen molar-refractivity contribution in [2.45, 2.75) is 6.92 Å². The standard InChI is InChI=1S/C24H15F2NO4/c1-14-5-2-3-6-17(14)22-27-20(23(28)31-22)13-15-9-11-16(12-10-15)30-24(29)21-18(25)7-4-8-19(21)26/h2-13H,1H3/b20-13+. The smallest absolute Gasteiger partial charge is 0.363 e. The number of rotatable bonds is 4. The zero-order chi connectivity index (χ0) is 22.0. The van der Waals surface area contributed by atoms with Crippen molar-refractivity contribution in [3.05, 3.63) is 106 Å². The number of hydrogen-bond donors (Lipinski definition) is 0. The van der Waals surface area contributed by atoms with Gasteiger partial charge in [0.2, 0.25) is 5.90 Å². The number of hydrogen-bond acceptors (Lipinski definition) is 5. The maximum atomic E-state index is 13.7. The summed E-state index contributed by atoms with van der Waals surface area (Å²) >= 11 is 0. The molecule has 0 bridgehead atoms. The summed E-state index contributed by atoms with van der Waals surface area (Å²) in [6.45, 7) is 1.89. The molecule has 5 nitrogen and oxygen atoms in total. The van der Waals surface area contributed by atoms with E-state index in [4.69, 9.17) is 9.47 Å². The number of ether oxygens (including phenoxy) is 2. The lowest BCUT2D eigenvalue weighted by Crippen LogP contribution is -2.13. The van der Waals surface area contributed by atoms with E-state index in [-0.39, 0.29) is 17.3 Å². The van der Waals surface area contributed by atoms with E-state index >= 15 is 0 Å². The number of aliphatic imine (C=N–C) groups is 1. The Kier molecular flexibility index (Phi) is 5.41. The van der Waals surface area contributed by atoms with E-state index in [1.54, 1.807) is 12.1 Å². The summed E-state index contributed by atoms with van der Waals surface area (Å²) in [5.74, 6) is -3.42. The Morgan fingerprint density at radius 2 is 1.65 bits per heavy atom. The van der Waals surface area contributed by atoms with Crippen LogP contribution in [0, 0.1) is 18.6 Å². The van der Waals surface area contributed by atoms with Crippen LogP contribution in [0.1, 0.15) is 27.0 Å². The van der Waals surface area contributed by atoms with Crippen molar-refractivity contribution in [2.24, 2.45) is 4.99 Å². The van der Waals surface area contributed by atoms with Gasteiger partial charge >= 0.3 is 11.9 Å². The van der Waals surface area contributed by atoms with Crippen LogP contribution in [-0.4, -0.2) is 17.8 Å². The van der Waals surface area contributed by atoms with Crippen molar-refractivity contribution in [1.82, 2.24) is 0 Å². The molecule has 4 rings (SSSR count). The first kappa shape index (κ1) is 20.2. The quantitative estimate of drug-likeness (QED) is 0.345. The monoisotopic (exact) mass is 419 g/mol. The molecule has 7 heteroatoms. The number of nitrogens with zero attached hydrogens (tertiary/aromatic N) is 1. The first-order valence-corrected chi connectivity index (χ1v) is 9.27. The lowest BCUT2D eigenvalue weighted by atomic mass is 10.1. The fraction of sp³-hybridized carbons (Fsp3) is 0.0417. The molecular formula is C24H15F2NO4. The molecule has 3 aromatic carbocycles. The maximum absolute atomic E-state index is 13.7. The molecule has 1 aliphatic heterocycles. The fourth-order valence-corrected chi connectivity index (χ4v) is 2.98. The van der Waals surface area contributed by atoms with Crippen molar-refractivity contribution < 1.29 is 27.8 Å². The Labute approximate surface area is 176 Å². The minimum absolute atomic E-state index is 0.0907. The lowest BCUT2D eigenvalue weighted by molar-refractivity contribution is -0.129. The van der Waals surface area contributed by atoms with E-state index < -0.39 is 29.1 Å². The zero-order valence-electron chi connectivity index (χ0n) is 16.3. The number of carbonyl (C=O) groups is 2. The number of halogens is 2. The molecule has 3 aromatic rings. The van der Waals surface area contributed by atoms with Crippen LogP contribution in [0.3, 0.4) is 0 Å². The second kappa shape index (κ2) is 8.31. The van der Waals surface area contributed by atoms with Gasteiger partial charge < -0.3 is 9.47 Å². The van der Waals surface area contributed by atoms with Crippen LogP contribution in [0.15, 0.2) is 77.4 Å². The van der Waals surface area contributed by atoms with Gasteiger partial charge in [-0.25, -0.2) is 23.4 Å². The Balaban J connectivity index is 1.52. The molecule has 154 valence electrons. The number of aryl methyl sites for hydroxylation is 1. The van der Waals surface area contributed by atoms with Crippen LogP contribution in [0.5, 0.6) is 5.75 Å². The normalized spacial score (nSPS) is 14.4. The van der Waals surface area contributed by atoms with Crippen molar-refractivity contribution in [1.29, 1.82) is 0 Å². The van der Waals surface area contributed by atoms with Gasteiger partial charge in [-0.3, -0.25) is 0 Å². The van der Waals surface area contributed by atoms with Crippen LogP contribution in [0.25, 0.3) is 6.08 Å². The third-order valence-corrected chi connectivity index (χ3v) is 4.56. The van der Waals surface area contributed by atoms with Gasteiger partial charge in [0.1, 0.15) is 22.9 Å². The SMILES string of the molecule is Cc1ccccc1C1=N/C(=C/c2ccc(OC(=O)c3c(F)cccc3F)cc2)C(=O)O1. The van der Waals surface area contributed by atoms with Crippen LogP contribution in [-0.2, 0) is 9.53 Å². The second-order valence-electron chi connectivity index (χ2n) is 6.71. The second-order valence-corrected chi connectivity index (χ2v) is 6.71. The lowest BCUT2D eigenvalue weighted by Gasteiger charge is -2.06. The molecular weight excluding hydrogens is 404 g/mol. The van der Waals surface area contributed by atoms with Gasteiger partial charge in [-0.1, -0.05) is 36.4 Å². The van der Waals surface area contributed by atoms with Gasteiger partial charge in [0, 0.05) is 5.56 Å². The highest BCUT2D eigenvalue weighted by Crippen LogP contribution is 2.23. The minimum atomic E-state index is -1.14. The first-order chi connectivity index (χ1) is 14.9. The third kappa shape index (κ3) is 4.25. The largest absolute Gasteiger partial charge is 0.423 e. The molecule has 0 spiro atoms. The predicted molar refractivity (Wildman–Crippen MR) is 110 cm³/mol. The van der Waals surface area contributed by atoms with E-state index in [0.29, 0.717) is 5.56 Å². The summed E-state index contributed by atoms with van der Waals surface area (Å²) < 4.78 is 37.7. The Bertz CT molecular complexity index is 1230. The Morgan fingerprint density at radius 3 is 2.32 bits per heavy atom. The topological polar surface area (TPSA) is 65.0 Å². The Hall–Kier alpha value is -4.13. The molecule has 0 amide bonds. The van der Waals surface area contributed by atoms with E-state index in [0.717, 1.165) is 29.3 Å². The number of cyclic esters (lactones) is 1. The van der Waals surface area contributed by atoms with Crippen LogP contribution < -0.4 is 4.74 Å². The van der Waals surface area contributed by atoms with E-state index in [1.807, 2.05) is 31.2 Å². The van der Waals surface area contributed by atoms with Crippen LogP contribution in [0.4, 0.5) is 8.78 Å². The molecule has 0 radical (unpaired) electrons. The van der Waals surface area contributed by atoms with E-state index in [9.17, 15) is 18.4 Å². The molecule has 0 aromatic heterocycles. The number of esters is 2. The molecule has 0 N–H and O–H groups in total. The summed E-state index contributed by atoms with van der Waals surface area (Å²) in [4.78, 5) is 28.5. The van der Waals surface area contributed by atoms with E-state index in [2.05, 4.69) is 4.99 Å². The summed E-state index contributed by atoms with van der Waals surface area (Å²) in [5.41, 5.74) is 1.60. The van der Waals surface area contributed by atoms with Gasteiger partial charge in [-0.15, -0.1) is 0 Å². The fourth-order valence-electron chi connectivity index (χ4n) is 2.98. The van der Waals surface area contributed by atoms with Crippen molar-refractivity contribution in [2.75, 3.05) is 0 Å². The predicted octanol–water partition coefficient (Wildman–Crippen LogP) is 4.84. The summed E-state index contributed by atoms with van der Waals surface area (Å²) in [6, 6.07) is 16.5. The van der Waals surface area contributed by atoms with Crippen LogP contribution in [0.2, 0.25) is 0 Å². The Morgan fingerprint density at radius 1 is 0.968 bits per heavy atom. The average molecular weight is 419 g/mol. The van der Waals surface area contributed by atoms with Crippen molar-refractivity contribution in [3.63, 3.8) is 0 Å². The highest BCUT2D eigenvalue weighted by atomic mass is 19.1. The molecule has 0 saturated carbocycles. The summed E-state index contributed by atoms with van der Waals surface area (Å²) in [6.07, 6.45) is 1.52. The first-order valence-electron chi connectivity index (χ1n) is 9.27. The molecule has 0 fully saturated rings. The van der Waals surface area contributed by atoms with Gasteiger partial charge in [-0.2, -0.15) is 0 Å². The third-order valence-electron chi connectivity index (χ3n) is 4.56. The van der Waals surface area contributed by atoms with Gasteiger partial charge in [0.15, 0.2) is 5.70 Å². The zero-order valence-corrected chi connectivity index (χ0v) is 16.3. The summed E-state index contributed by atoms with van der Waals surface area (Å²) in [5, 5.41) is 0. The molecule has 0 atom stereocenters. The molecule has 0 unspecified atom stereocenters. The average Bonchev–Trinajstić information content (AvgIpc) is 3.09. The van der Waals surface area contributed by atoms with Gasteiger partial charge in [0.25, 0.3) is 0 Å². The van der Waals surface area contributed by atoms with Crippen molar-refractivity contribution in [3.8, 4) is 5.75 Å². The van der Waals surface area contributed by atoms with Crippen LogP contribution >= 0.6 is 0 Å². The molecule has 1 heterocycles. The van der Waals surface area contributed by atoms with Crippen molar-refractivity contribution >= 4 is 23.9 Å². The van der Waals surface area contributed by atoms with Gasteiger partial charge in [0.05, 0.1) is 0 Å². The highest BCUT2D eigenvalue weighted by Gasteiger charge is 2.25. The number of benzene rings is 3. The summed E-state index contributed by atoms with van der Waals surface area (Å²) in [7, 11) is 0. The molecule has 1 aliphatic rings. The molecule has 0 aliphatic carbocycles. The van der Waals surface area contributed by atoms with Gasteiger partial charge in [-0.05, 0) is 54.5 Å². The maximum Gasteiger partial charge on any atom is 0.363 e. The molecule has 31 heavy (non-hydrogen) atoms. The minimum Gasteiger partial charge on any atom is -0.423 e. The van der Waals surface area contributed by atoms with E-state index in [1.165, 1.54) is 18.2 Å².